The average molecular weight is 490 g/mol. The van der Waals surface area contributed by atoms with Gasteiger partial charge in [0.2, 0.25) is 0 Å². The first-order valence-corrected chi connectivity index (χ1v) is 11.0. The van der Waals surface area contributed by atoms with Crippen LogP contribution in [0.5, 0.6) is 5.75 Å². The number of aryl methyl sites for hydroxylation is 1. The van der Waals surface area contributed by atoms with Gasteiger partial charge in [-0.15, -0.1) is 0 Å². The van der Waals surface area contributed by atoms with Crippen LogP contribution in [-0.2, 0) is 14.4 Å². The predicted molar refractivity (Wildman–Crippen MR) is 132 cm³/mol. The number of urea groups is 1. The van der Waals surface area contributed by atoms with E-state index in [2.05, 4.69) is 10.6 Å². The largest absolute Gasteiger partial charge is 0.482 e. The van der Waals surface area contributed by atoms with Gasteiger partial charge in [0.15, 0.2) is 6.61 Å². The number of nitrogens with zero attached hydrogens (tertiary/aromatic N) is 1. The highest BCUT2D eigenvalue weighted by Crippen LogP contribution is 2.28. The highest BCUT2D eigenvalue weighted by Gasteiger charge is 2.36. The van der Waals surface area contributed by atoms with E-state index in [1.807, 2.05) is 25.1 Å². The minimum absolute atomic E-state index is 0.183. The third kappa shape index (κ3) is 5.39. The maximum Gasteiger partial charge on any atom is 0.335 e. The second kappa shape index (κ2) is 10.2. The molecule has 3 aromatic rings. The second-order valence-corrected chi connectivity index (χ2v) is 8.04. The van der Waals surface area contributed by atoms with Crippen molar-refractivity contribution in [3.63, 3.8) is 0 Å². The molecule has 5 amide bonds. The van der Waals surface area contributed by atoms with Crippen LogP contribution in [0.1, 0.15) is 11.1 Å². The maximum absolute atomic E-state index is 12.9. The molecule has 35 heavy (non-hydrogen) atoms. The minimum Gasteiger partial charge on any atom is -0.482 e. The van der Waals surface area contributed by atoms with Gasteiger partial charge < -0.3 is 10.1 Å². The van der Waals surface area contributed by atoms with E-state index >= 15 is 0 Å². The first kappa shape index (κ1) is 23.7. The number of anilines is 2. The molecule has 0 saturated carbocycles. The van der Waals surface area contributed by atoms with E-state index in [0.29, 0.717) is 16.9 Å². The van der Waals surface area contributed by atoms with E-state index in [-0.39, 0.29) is 28.9 Å². The van der Waals surface area contributed by atoms with Gasteiger partial charge in [0, 0.05) is 5.69 Å². The normalized spacial score (nSPS) is 14.6. The van der Waals surface area contributed by atoms with Crippen molar-refractivity contribution in [2.75, 3.05) is 16.8 Å². The number of ether oxygens (including phenoxy) is 1. The highest BCUT2D eigenvalue weighted by atomic mass is 35.5. The first-order valence-electron chi connectivity index (χ1n) is 10.6. The van der Waals surface area contributed by atoms with Crippen molar-refractivity contribution in [2.45, 2.75) is 6.92 Å². The third-order valence-corrected chi connectivity index (χ3v) is 5.46. The van der Waals surface area contributed by atoms with Crippen LogP contribution >= 0.6 is 11.6 Å². The van der Waals surface area contributed by atoms with E-state index in [4.69, 9.17) is 16.3 Å². The number of imide groups is 2. The van der Waals surface area contributed by atoms with Crippen LogP contribution in [0.15, 0.2) is 78.4 Å². The molecule has 0 unspecified atom stereocenters. The van der Waals surface area contributed by atoms with Gasteiger partial charge in [0.05, 0.1) is 10.7 Å². The van der Waals surface area contributed by atoms with Gasteiger partial charge in [-0.05, 0) is 54.5 Å². The van der Waals surface area contributed by atoms with E-state index < -0.39 is 17.8 Å². The molecule has 0 aliphatic carbocycles. The molecule has 2 N–H and O–H groups in total. The van der Waals surface area contributed by atoms with Crippen molar-refractivity contribution in [2.24, 2.45) is 0 Å². The van der Waals surface area contributed by atoms with Crippen LogP contribution in [0, 0.1) is 6.92 Å². The number of amides is 5. The number of barbiturate groups is 1. The van der Waals surface area contributed by atoms with Crippen LogP contribution < -0.4 is 20.3 Å². The first-order chi connectivity index (χ1) is 16.8. The van der Waals surface area contributed by atoms with E-state index in [1.54, 1.807) is 42.5 Å². The highest BCUT2D eigenvalue weighted by molar-refractivity contribution is 6.39. The molecule has 0 bridgehead atoms. The van der Waals surface area contributed by atoms with Gasteiger partial charge in [-0.2, -0.15) is 0 Å². The van der Waals surface area contributed by atoms with Crippen molar-refractivity contribution >= 4 is 52.8 Å². The smallest absolute Gasteiger partial charge is 0.335 e. The number of carbonyl (C=O) groups is 4. The molecule has 0 spiro atoms. The number of para-hydroxylation sites is 2. The second-order valence-electron chi connectivity index (χ2n) is 7.64. The molecule has 176 valence electrons. The average Bonchev–Trinajstić information content (AvgIpc) is 2.83. The number of nitrogens with one attached hydrogen (secondary N) is 2. The lowest BCUT2D eigenvalue weighted by atomic mass is 10.1. The Morgan fingerprint density at radius 2 is 1.74 bits per heavy atom. The zero-order valence-electron chi connectivity index (χ0n) is 18.6. The summed E-state index contributed by atoms with van der Waals surface area (Å²) >= 11 is 6.30. The Morgan fingerprint density at radius 3 is 2.46 bits per heavy atom. The van der Waals surface area contributed by atoms with Crippen molar-refractivity contribution in [1.82, 2.24) is 5.32 Å². The molecular weight excluding hydrogens is 470 g/mol. The maximum atomic E-state index is 12.9. The Bertz CT molecular complexity index is 1350. The quantitative estimate of drug-likeness (QED) is 0.396. The molecule has 1 fully saturated rings. The topological polar surface area (TPSA) is 105 Å². The number of benzene rings is 3. The van der Waals surface area contributed by atoms with Crippen molar-refractivity contribution in [3.05, 3.63) is 94.5 Å². The van der Waals surface area contributed by atoms with Crippen LogP contribution in [0.2, 0.25) is 5.02 Å². The molecule has 1 aliphatic heterocycles. The molecule has 4 rings (SSSR count). The summed E-state index contributed by atoms with van der Waals surface area (Å²) in [5.41, 5.74) is 2.15. The molecule has 1 saturated heterocycles. The van der Waals surface area contributed by atoms with Gasteiger partial charge in [-0.1, -0.05) is 54.1 Å². The molecular formula is C26H20ClN3O5. The van der Waals surface area contributed by atoms with Crippen LogP contribution in [0.3, 0.4) is 0 Å². The third-order valence-electron chi connectivity index (χ3n) is 5.16. The standard InChI is InChI=1S/C26H20ClN3O5/c1-16-7-5-6-10-21(16)28-23(31)15-35-22-12-11-17(14-20(22)27)13-19-24(32)29-26(34)30(25(19)33)18-8-3-2-4-9-18/h2-14H,15H2,1H3,(H,28,31)(H,29,32,34)/b19-13-. The lowest BCUT2D eigenvalue weighted by Crippen LogP contribution is -2.54. The van der Waals surface area contributed by atoms with Gasteiger partial charge >= 0.3 is 6.03 Å². The number of hydrogen-bond acceptors (Lipinski definition) is 5. The Labute approximate surface area is 206 Å². The minimum atomic E-state index is -0.825. The zero-order valence-corrected chi connectivity index (χ0v) is 19.3. The fraction of sp³-hybridized carbons (Fsp3) is 0.0769. The lowest BCUT2D eigenvalue weighted by Gasteiger charge is -2.26. The lowest BCUT2D eigenvalue weighted by molar-refractivity contribution is -0.122. The summed E-state index contributed by atoms with van der Waals surface area (Å²) < 4.78 is 5.52. The SMILES string of the molecule is Cc1ccccc1NC(=O)COc1ccc(/C=C2/C(=O)NC(=O)N(c3ccccc3)C2=O)cc1Cl. The molecule has 8 nitrogen and oxygen atoms in total. The number of halogens is 1. The molecule has 0 aromatic heterocycles. The molecule has 1 heterocycles. The summed E-state index contributed by atoms with van der Waals surface area (Å²) in [6, 6.07) is 19.4. The van der Waals surface area contributed by atoms with Gasteiger partial charge in [-0.3, -0.25) is 19.7 Å². The molecule has 0 radical (unpaired) electrons. The van der Waals surface area contributed by atoms with Crippen LogP contribution in [0.25, 0.3) is 6.08 Å². The molecule has 0 atom stereocenters. The molecule has 3 aromatic carbocycles. The zero-order chi connectivity index (χ0) is 24.9. The van der Waals surface area contributed by atoms with Gasteiger partial charge in [0.1, 0.15) is 11.3 Å². The summed E-state index contributed by atoms with van der Waals surface area (Å²) in [6.07, 6.45) is 1.33. The Balaban J connectivity index is 1.47. The fourth-order valence-corrected chi connectivity index (χ4v) is 3.65. The summed E-state index contributed by atoms with van der Waals surface area (Å²) in [5.74, 6) is -1.66. The fourth-order valence-electron chi connectivity index (χ4n) is 3.40. The Morgan fingerprint density at radius 1 is 1.03 bits per heavy atom. The summed E-state index contributed by atoms with van der Waals surface area (Å²) in [4.78, 5) is 50.6. The number of hydrogen-bond donors (Lipinski definition) is 2. The van der Waals surface area contributed by atoms with Crippen molar-refractivity contribution < 1.29 is 23.9 Å². The Kier molecular flexibility index (Phi) is 6.93. The summed E-state index contributed by atoms with van der Waals surface area (Å²) in [6.45, 7) is 1.62. The monoisotopic (exact) mass is 489 g/mol. The number of carbonyl (C=O) groups excluding carboxylic acids is 4. The van der Waals surface area contributed by atoms with E-state index in [9.17, 15) is 19.2 Å². The molecule has 9 heteroatoms. The van der Waals surface area contributed by atoms with E-state index in [0.717, 1.165) is 10.5 Å². The van der Waals surface area contributed by atoms with Gasteiger partial charge in [0.25, 0.3) is 17.7 Å². The Hall–Kier alpha value is -4.43. The van der Waals surface area contributed by atoms with Crippen molar-refractivity contribution in [1.29, 1.82) is 0 Å². The van der Waals surface area contributed by atoms with Crippen molar-refractivity contribution in [3.8, 4) is 5.75 Å². The summed E-state index contributed by atoms with van der Waals surface area (Å²) in [7, 11) is 0. The predicted octanol–water partition coefficient (Wildman–Crippen LogP) is 4.33. The number of rotatable bonds is 6. The van der Waals surface area contributed by atoms with E-state index in [1.165, 1.54) is 18.2 Å². The summed E-state index contributed by atoms with van der Waals surface area (Å²) in [5, 5.41) is 5.12. The van der Waals surface area contributed by atoms with Gasteiger partial charge in [-0.25, -0.2) is 9.69 Å². The van der Waals surface area contributed by atoms with Crippen LogP contribution in [0.4, 0.5) is 16.2 Å². The molecule has 1 aliphatic rings. The van der Waals surface area contributed by atoms with Crippen LogP contribution in [-0.4, -0.2) is 30.4 Å².